The smallest absolute Gasteiger partial charge is 0.225 e. The lowest BCUT2D eigenvalue weighted by atomic mass is 9.94. The SMILES string of the molecule is CC(C)(C)C(=O)NC1CCCN(c2ncc(Cl)cn2)C1. The van der Waals surface area contributed by atoms with Crippen molar-refractivity contribution in [2.45, 2.75) is 39.7 Å². The minimum atomic E-state index is -0.362. The number of piperidine rings is 1. The van der Waals surface area contributed by atoms with Gasteiger partial charge in [-0.3, -0.25) is 4.79 Å². The van der Waals surface area contributed by atoms with Crippen molar-refractivity contribution in [3.8, 4) is 0 Å². The van der Waals surface area contributed by atoms with E-state index in [1.54, 1.807) is 12.4 Å². The van der Waals surface area contributed by atoms with E-state index >= 15 is 0 Å². The van der Waals surface area contributed by atoms with Crippen LogP contribution < -0.4 is 10.2 Å². The predicted octanol–water partition coefficient (Wildman–Crippen LogP) is 2.26. The molecule has 1 saturated heterocycles. The van der Waals surface area contributed by atoms with Crippen molar-refractivity contribution in [2.24, 2.45) is 5.41 Å². The molecule has 0 aliphatic carbocycles. The van der Waals surface area contributed by atoms with Crippen LogP contribution in [0.1, 0.15) is 33.6 Å². The number of hydrogen-bond donors (Lipinski definition) is 1. The van der Waals surface area contributed by atoms with Gasteiger partial charge >= 0.3 is 0 Å². The molecule has 0 saturated carbocycles. The topological polar surface area (TPSA) is 58.1 Å². The zero-order valence-corrected chi connectivity index (χ0v) is 12.9. The Bertz CT molecular complexity index is 469. The van der Waals surface area contributed by atoms with Crippen molar-refractivity contribution in [1.29, 1.82) is 0 Å². The number of amides is 1. The average molecular weight is 297 g/mol. The number of halogens is 1. The zero-order valence-electron chi connectivity index (χ0n) is 12.2. The second-order valence-electron chi connectivity index (χ2n) is 6.21. The van der Waals surface area contributed by atoms with E-state index in [1.165, 1.54) is 0 Å². The molecule has 2 heterocycles. The summed E-state index contributed by atoms with van der Waals surface area (Å²) >= 11 is 5.80. The van der Waals surface area contributed by atoms with Gasteiger partial charge in [0.15, 0.2) is 0 Å². The number of carbonyl (C=O) groups excluding carboxylic acids is 1. The van der Waals surface area contributed by atoms with Gasteiger partial charge in [0.25, 0.3) is 0 Å². The van der Waals surface area contributed by atoms with Gasteiger partial charge < -0.3 is 10.2 Å². The second-order valence-corrected chi connectivity index (χ2v) is 6.65. The average Bonchev–Trinajstić information content (AvgIpc) is 2.39. The molecule has 1 atom stereocenters. The maximum Gasteiger partial charge on any atom is 0.225 e. The molecule has 0 radical (unpaired) electrons. The van der Waals surface area contributed by atoms with Gasteiger partial charge in [-0.25, -0.2) is 9.97 Å². The highest BCUT2D eigenvalue weighted by atomic mass is 35.5. The van der Waals surface area contributed by atoms with Crippen LogP contribution in [0, 0.1) is 5.41 Å². The van der Waals surface area contributed by atoms with Crippen molar-refractivity contribution in [3.63, 3.8) is 0 Å². The first-order valence-electron chi connectivity index (χ1n) is 6.90. The number of nitrogens with one attached hydrogen (secondary N) is 1. The van der Waals surface area contributed by atoms with E-state index in [0.717, 1.165) is 25.9 Å². The van der Waals surface area contributed by atoms with E-state index in [9.17, 15) is 4.79 Å². The highest BCUT2D eigenvalue weighted by Crippen LogP contribution is 2.19. The second kappa shape index (κ2) is 5.95. The molecule has 0 spiro atoms. The number of nitrogens with zero attached hydrogens (tertiary/aromatic N) is 3. The maximum absolute atomic E-state index is 12.0. The summed E-state index contributed by atoms with van der Waals surface area (Å²) in [4.78, 5) is 22.6. The fourth-order valence-corrected chi connectivity index (χ4v) is 2.24. The summed E-state index contributed by atoms with van der Waals surface area (Å²) in [6, 6.07) is 0.148. The predicted molar refractivity (Wildman–Crippen MR) is 79.9 cm³/mol. The monoisotopic (exact) mass is 296 g/mol. The molecule has 1 aromatic rings. The number of rotatable bonds is 2. The van der Waals surface area contributed by atoms with E-state index in [2.05, 4.69) is 20.2 Å². The molecule has 1 fully saturated rings. The van der Waals surface area contributed by atoms with Crippen LogP contribution in [0.2, 0.25) is 5.02 Å². The van der Waals surface area contributed by atoms with Gasteiger partial charge in [-0.15, -0.1) is 0 Å². The third-order valence-electron chi connectivity index (χ3n) is 3.33. The molecule has 2 rings (SSSR count). The van der Waals surface area contributed by atoms with E-state index < -0.39 is 0 Å². The molecule has 5 nitrogen and oxygen atoms in total. The molecule has 110 valence electrons. The van der Waals surface area contributed by atoms with Crippen LogP contribution in [0.25, 0.3) is 0 Å². The Balaban J connectivity index is 1.98. The summed E-state index contributed by atoms with van der Waals surface area (Å²) in [7, 11) is 0. The highest BCUT2D eigenvalue weighted by Gasteiger charge is 2.27. The molecule has 1 unspecified atom stereocenters. The lowest BCUT2D eigenvalue weighted by molar-refractivity contribution is -0.129. The van der Waals surface area contributed by atoms with Gasteiger partial charge in [-0.2, -0.15) is 0 Å². The third-order valence-corrected chi connectivity index (χ3v) is 3.52. The maximum atomic E-state index is 12.0. The standard InChI is InChI=1S/C14H21ClN4O/c1-14(2,3)12(20)18-11-5-4-6-19(9-11)13-16-7-10(15)8-17-13/h7-8,11H,4-6,9H2,1-3H3,(H,18,20). The Kier molecular flexibility index (Phi) is 4.48. The van der Waals surface area contributed by atoms with Crippen LogP contribution in [0.5, 0.6) is 0 Å². The Hall–Kier alpha value is -1.36. The van der Waals surface area contributed by atoms with Crippen molar-refractivity contribution < 1.29 is 4.79 Å². The number of carbonyl (C=O) groups is 1. The van der Waals surface area contributed by atoms with Crippen LogP contribution in [0.3, 0.4) is 0 Å². The first kappa shape index (κ1) is 15.0. The molecular weight excluding hydrogens is 276 g/mol. The van der Waals surface area contributed by atoms with Crippen LogP contribution in [0.4, 0.5) is 5.95 Å². The minimum absolute atomic E-state index is 0.0846. The Morgan fingerprint density at radius 1 is 1.40 bits per heavy atom. The van der Waals surface area contributed by atoms with Crippen LogP contribution in [0.15, 0.2) is 12.4 Å². The van der Waals surface area contributed by atoms with Gasteiger partial charge in [-0.05, 0) is 12.8 Å². The molecule has 0 bridgehead atoms. The first-order chi connectivity index (χ1) is 9.36. The largest absolute Gasteiger partial charge is 0.351 e. The lowest BCUT2D eigenvalue weighted by Crippen LogP contribution is -2.50. The number of aromatic nitrogens is 2. The molecule has 6 heteroatoms. The summed E-state index contributed by atoms with van der Waals surface area (Å²) in [6.45, 7) is 7.41. The number of hydrogen-bond acceptors (Lipinski definition) is 4. The van der Waals surface area contributed by atoms with Crippen LogP contribution in [-0.4, -0.2) is 35.0 Å². The quantitative estimate of drug-likeness (QED) is 0.909. The van der Waals surface area contributed by atoms with Crippen LogP contribution >= 0.6 is 11.6 Å². The summed E-state index contributed by atoms with van der Waals surface area (Å²) in [5, 5.41) is 3.64. The van der Waals surface area contributed by atoms with Crippen molar-refractivity contribution in [1.82, 2.24) is 15.3 Å². The van der Waals surface area contributed by atoms with E-state index in [4.69, 9.17) is 11.6 Å². The summed E-state index contributed by atoms with van der Waals surface area (Å²) in [6.07, 6.45) is 5.20. The fraction of sp³-hybridized carbons (Fsp3) is 0.643. The Labute approximate surface area is 124 Å². The molecule has 1 aromatic heterocycles. The van der Waals surface area contributed by atoms with Crippen molar-refractivity contribution in [2.75, 3.05) is 18.0 Å². The van der Waals surface area contributed by atoms with Crippen LogP contribution in [-0.2, 0) is 4.79 Å². The van der Waals surface area contributed by atoms with E-state index in [0.29, 0.717) is 11.0 Å². The van der Waals surface area contributed by atoms with Gasteiger partial charge in [-0.1, -0.05) is 32.4 Å². The Morgan fingerprint density at radius 2 is 2.05 bits per heavy atom. The van der Waals surface area contributed by atoms with Gasteiger partial charge in [0.05, 0.1) is 17.4 Å². The van der Waals surface area contributed by atoms with Gasteiger partial charge in [0.1, 0.15) is 0 Å². The number of anilines is 1. The lowest BCUT2D eigenvalue weighted by Gasteiger charge is -2.34. The summed E-state index contributed by atoms with van der Waals surface area (Å²) < 4.78 is 0. The molecular formula is C14H21ClN4O. The van der Waals surface area contributed by atoms with E-state index in [1.807, 2.05) is 20.8 Å². The minimum Gasteiger partial charge on any atom is -0.351 e. The molecule has 1 aliphatic rings. The molecule has 0 aromatic carbocycles. The highest BCUT2D eigenvalue weighted by molar-refractivity contribution is 6.30. The normalized spacial score (nSPS) is 19.8. The first-order valence-corrected chi connectivity index (χ1v) is 7.27. The van der Waals surface area contributed by atoms with Crippen molar-refractivity contribution in [3.05, 3.63) is 17.4 Å². The summed E-state index contributed by atoms with van der Waals surface area (Å²) in [5.41, 5.74) is -0.362. The van der Waals surface area contributed by atoms with Crippen molar-refractivity contribution >= 4 is 23.5 Å². The Morgan fingerprint density at radius 3 is 2.65 bits per heavy atom. The van der Waals surface area contributed by atoms with Gasteiger partial charge in [0.2, 0.25) is 11.9 Å². The molecule has 1 aliphatic heterocycles. The third kappa shape index (κ3) is 3.82. The zero-order chi connectivity index (χ0) is 14.8. The van der Waals surface area contributed by atoms with Gasteiger partial charge in [0, 0.05) is 24.5 Å². The molecule has 20 heavy (non-hydrogen) atoms. The summed E-state index contributed by atoms with van der Waals surface area (Å²) in [5.74, 6) is 0.755. The fourth-order valence-electron chi connectivity index (χ4n) is 2.15. The molecule has 1 amide bonds. The van der Waals surface area contributed by atoms with E-state index in [-0.39, 0.29) is 17.4 Å². The molecule has 1 N–H and O–H groups in total.